The van der Waals surface area contributed by atoms with Crippen molar-refractivity contribution in [2.24, 2.45) is 0 Å². The fourth-order valence-electron chi connectivity index (χ4n) is 2.87. The molecule has 2 heteroatoms. The first kappa shape index (κ1) is 12.8. The number of Topliss-reactive ketones (excluding diaryl/α,β-unsaturated/α-hetero) is 2. The van der Waals surface area contributed by atoms with Crippen LogP contribution in [0.25, 0.3) is 0 Å². The molecular formula is C18H16O2. The van der Waals surface area contributed by atoms with Crippen LogP contribution < -0.4 is 0 Å². The van der Waals surface area contributed by atoms with E-state index in [9.17, 15) is 9.59 Å². The van der Waals surface area contributed by atoms with Crippen LogP contribution in [-0.2, 0) is 12.8 Å². The number of carbonyl (C=O) groups is 2. The van der Waals surface area contributed by atoms with Gasteiger partial charge in [-0.25, -0.2) is 0 Å². The van der Waals surface area contributed by atoms with Crippen molar-refractivity contribution in [1.82, 2.24) is 0 Å². The Hall–Kier alpha value is -2.22. The minimum absolute atomic E-state index is 0.101. The zero-order valence-electron chi connectivity index (χ0n) is 11.7. The zero-order valence-corrected chi connectivity index (χ0v) is 11.7. The second-order valence-corrected chi connectivity index (χ2v) is 5.45. The summed E-state index contributed by atoms with van der Waals surface area (Å²) in [5.74, 6) is 0.201. The summed E-state index contributed by atoms with van der Waals surface area (Å²) in [6.07, 6.45) is 1.38. The Balaban J connectivity index is 2.21. The van der Waals surface area contributed by atoms with Gasteiger partial charge in [0.25, 0.3) is 0 Å². The number of benzene rings is 2. The third-order valence-corrected chi connectivity index (χ3v) is 3.90. The average Bonchev–Trinajstić information content (AvgIpc) is 2.43. The highest BCUT2D eigenvalue weighted by Crippen LogP contribution is 2.25. The van der Waals surface area contributed by atoms with Crippen molar-refractivity contribution in [1.29, 1.82) is 0 Å². The Bertz CT molecular complexity index is 663. The van der Waals surface area contributed by atoms with Crippen LogP contribution in [0, 0.1) is 0 Å². The van der Waals surface area contributed by atoms with E-state index in [2.05, 4.69) is 12.1 Å². The highest BCUT2D eigenvalue weighted by Gasteiger charge is 2.15. The highest BCUT2D eigenvalue weighted by molar-refractivity contribution is 5.97. The molecule has 0 radical (unpaired) electrons. The molecule has 0 saturated carbocycles. The van der Waals surface area contributed by atoms with Gasteiger partial charge in [0.15, 0.2) is 11.6 Å². The number of carbonyl (C=O) groups excluding carboxylic acids is 2. The van der Waals surface area contributed by atoms with Gasteiger partial charge in [0.05, 0.1) is 0 Å². The minimum Gasteiger partial charge on any atom is -0.295 e. The van der Waals surface area contributed by atoms with E-state index >= 15 is 0 Å². The molecular weight excluding hydrogens is 248 g/mol. The Kier molecular flexibility index (Phi) is 3.01. The van der Waals surface area contributed by atoms with Gasteiger partial charge >= 0.3 is 0 Å². The Morgan fingerprint density at radius 3 is 1.50 bits per heavy atom. The molecule has 0 fully saturated rings. The molecule has 0 atom stereocenters. The molecule has 2 aromatic rings. The summed E-state index contributed by atoms with van der Waals surface area (Å²) in [7, 11) is 0. The third-order valence-electron chi connectivity index (χ3n) is 3.90. The van der Waals surface area contributed by atoms with Crippen LogP contribution in [0.3, 0.4) is 0 Å². The summed E-state index contributed by atoms with van der Waals surface area (Å²) in [5, 5.41) is 0. The molecule has 20 heavy (non-hydrogen) atoms. The van der Waals surface area contributed by atoms with Gasteiger partial charge in [-0.15, -0.1) is 0 Å². The molecule has 0 aromatic heterocycles. The molecule has 2 nitrogen and oxygen atoms in total. The predicted octanol–water partition coefficient (Wildman–Crippen LogP) is 3.59. The van der Waals surface area contributed by atoms with E-state index in [0.29, 0.717) is 12.8 Å². The molecule has 0 unspecified atom stereocenters. The Labute approximate surface area is 118 Å². The SMILES string of the molecule is CC(=O)c1cc2ccc1Cc1ccc(c(C(C)=O)c1)C2. The summed E-state index contributed by atoms with van der Waals surface area (Å²) >= 11 is 0. The lowest BCUT2D eigenvalue weighted by Gasteiger charge is -2.16. The van der Waals surface area contributed by atoms with Gasteiger partial charge in [-0.1, -0.05) is 24.3 Å². The first-order valence-corrected chi connectivity index (χ1v) is 6.80. The summed E-state index contributed by atoms with van der Waals surface area (Å²) in [4.78, 5) is 23.6. The second-order valence-electron chi connectivity index (χ2n) is 5.45. The fraction of sp³-hybridized carbons (Fsp3) is 0.222. The second kappa shape index (κ2) is 4.71. The van der Waals surface area contributed by atoms with Crippen LogP contribution in [0.4, 0.5) is 0 Å². The van der Waals surface area contributed by atoms with Crippen LogP contribution in [0.15, 0.2) is 36.4 Å². The molecule has 4 aliphatic rings. The number of ketones is 2. The average molecular weight is 264 g/mol. The maximum Gasteiger partial charge on any atom is 0.160 e. The molecule has 4 aliphatic carbocycles. The van der Waals surface area contributed by atoms with Crippen molar-refractivity contribution in [3.63, 3.8) is 0 Å². The molecule has 0 aliphatic heterocycles. The third kappa shape index (κ3) is 2.18. The molecule has 0 amide bonds. The number of hydrogen-bond acceptors (Lipinski definition) is 2. The normalized spacial score (nSPS) is 12.5. The molecule has 4 bridgehead atoms. The monoisotopic (exact) mass is 264 g/mol. The standard InChI is InChI=1S/C18H16O2/c1-11(19)17-9-13-3-5-15(17)7-14-4-6-16(8-13)18(10-14)12(2)20/h3-6,9-10H,7-8H2,1-2H3. The molecule has 100 valence electrons. The van der Waals surface area contributed by atoms with E-state index < -0.39 is 0 Å². The molecule has 0 saturated heterocycles. The van der Waals surface area contributed by atoms with Gasteiger partial charge in [0, 0.05) is 11.1 Å². The predicted molar refractivity (Wildman–Crippen MR) is 78.5 cm³/mol. The van der Waals surface area contributed by atoms with Crippen molar-refractivity contribution < 1.29 is 9.59 Å². The first-order chi connectivity index (χ1) is 9.54. The van der Waals surface area contributed by atoms with Gasteiger partial charge in [-0.3, -0.25) is 9.59 Å². The van der Waals surface area contributed by atoms with Gasteiger partial charge in [-0.2, -0.15) is 0 Å². The van der Waals surface area contributed by atoms with Crippen molar-refractivity contribution in [2.45, 2.75) is 26.7 Å². The topological polar surface area (TPSA) is 34.1 Å². The van der Waals surface area contributed by atoms with Crippen LogP contribution in [0.5, 0.6) is 0 Å². The molecule has 2 aromatic carbocycles. The van der Waals surface area contributed by atoms with Crippen molar-refractivity contribution in [2.75, 3.05) is 0 Å². The van der Waals surface area contributed by atoms with Gasteiger partial charge in [-0.05, 0) is 61.1 Å². The smallest absolute Gasteiger partial charge is 0.160 e. The molecule has 6 rings (SSSR count). The van der Waals surface area contributed by atoms with E-state index in [1.165, 1.54) is 0 Å². The largest absolute Gasteiger partial charge is 0.295 e. The van der Waals surface area contributed by atoms with Crippen molar-refractivity contribution >= 4 is 11.6 Å². The Morgan fingerprint density at radius 1 is 0.750 bits per heavy atom. The number of rotatable bonds is 2. The zero-order chi connectivity index (χ0) is 14.3. The van der Waals surface area contributed by atoms with Gasteiger partial charge < -0.3 is 0 Å². The summed E-state index contributed by atoms with van der Waals surface area (Å²) in [6.45, 7) is 3.22. The maximum absolute atomic E-state index is 11.8. The molecule has 0 heterocycles. The van der Waals surface area contributed by atoms with Gasteiger partial charge in [0.1, 0.15) is 0 Å². The van der Waals surface area contributed by atoms with Crippen LogP contribution in [-0.4, -0.2) is 11.6 Å². The van der Waals surface area contributed by atoms with Crippen molar-refractivity contribution in [3.05, 3.63) is 69.8 Å². The minimum atomic E-state index is 0.101. The summed E-state index contributed by atoms with van der Waals surface area (Å²) in [5.41, 5.74) is 5.83. The highest BCUT2D eigenvalue weighted by atomic mass is 16.1. The van der Waals surface area contributed by atoms with Crippen LogP contribution in [0.2, 0.25) is 0 Å². The summed E-state index contributed by atoms with van der Waals surface area (Å²) < 4.78 is 0. The fourth-order valence-corrected chi connectivity index (χ4v) is 2.87. The van der Waals surface area contributed by atoms with Crippen LogP contribution >= 0.6 is 0 Å². The van der Waals surface area contributed by atoms with E-state index in [1.807, 2.05) is 24.3 Å². The first-order valence-electron chi connectivity index (χ1n) is 6.80. The molecule has 0 spiro atoms. The summed E-state index contributed by atoms with van der Waals surface area (Å²) in [6, 6.07) is 12.1. The van der Waals surface area contributed by atoms with Crippen molar-refractivity contribution in [3.8, 4) is 0 Å². The van der Waals surface area contributed by atoms with E-state index in [1.54, 1.807) is 13.8 Å². The lowest BCUT2D eigenvalue weighted by atomic mass is 9.88. The number of hydrogen-bond donors (Lipinski definition) is 0. The Morgan fingerprint density at radius 2 is 1.15 bits per heavy atom. The quantitative estimate of drug-likeness (QED) is 0.663. The van der Waals surface area contributed by atoms with E-state index in [4.69, 9.17) is 0 Å². The maximum atomic E-state index is 11.8. The lowest BCUT2D eigenvalue weighted by Crippen LogP contribution is -2.08. The van der Waals surface area contributed by atoms with E-state index in [0.717, 1.165) is 33.4 Å². The molecule has 0 N–H and O–H groups in total. The van der Waals surface area contributed by atoms with E-state index in [-0.39, 0.29) is 11.6 Å². The van der Waals surface area contributed by atoms with Gasteiger partial charge in [0.2, 0.25) is 0 Å². The lowest BCUT2D eigenvalue weighted by molar-refractivity contribution is 0.100. The van der Waals surface area contributed by atoms with Crippen LogP contribution in [0.1, 0.15) is 56.8 Å².